The van der Waals surface area contributed by atoms with Gasteiger partial charge < -0.3 is 14.2 Å². The second kappa shape index (κ2) is 7.00. The number of carbonyl (C=O) groups is 2. The minimum atomic E-state index is -0.527. The van der Waals surface area contributed by atoms with Crippen molar-refractivity contribution in [1.29, 1.82) is 0 Å². The molecular formula is C12H13BrO5. The first-order chi connectivity index (χ1) is 8.58. The number of hydrogen-bond acceptors (Lipinski definition) is 5. The van der Waals surface area contributed by atoms with Crippen LogP contribution < -0.4 is 4.74 Å². The summed E-state index contributed by atoms with van der Waals surface area (Å²) >= 11 is 3.26. The van der Waals surface area contributed by atoms with Crippen molar-refractivity contribution in [2.45, 2.75) is 6.92 Å². The van der Waals surface area contributed by atoms with Crippen LogP contribution in [0.1, 0.15) is 17.3 Å². The molecule has 98 valence electrons. The van der Waals surface area contributed by atoms with Crippen LogP contribution in [0, 0.1) is 0 Å². The monoisotopic (exact) mass is 316 g/mol. The van der Waals surface area contributed by atoms with E-state index in [2.05, 4.69) is 20.7 Å². The maximum absolute atomic E-state index is 11.5. The van der Waals surface area contributed by atoms with Crippen LogP contribution in [0.3, 0.4) is 0 Å². The maximum atomic E-state index is 11.5. The van der Waals surface area contributed by atoms with E-state index in [1.54, 1.807) is 25.1 Å². The van der Waals surface area contributed by atoms with Gasteiger partial charge in [0, 0.05) is 4.47 Å². The average molecular weight is 317 g/mol. The zero-order valence-corrected chi connectivity index (χ0v) is 11.7. The fourth-order valence-electron chi connectivity index (χ4n) is 1.23. The predicted octanol–water partition coefficient (Wildman–Crippen LogP) is 2.18. The van der Waals surface area contributed by atoms with Crippen LogP contribution in [0.5, 0.6) is 5.75 Å². The molecule has 0 aliphatic heterocycles. The molecule has 0 spiro atoms. The van der Waals surface area contributed by atoms with E-state index in [9.17, 15) is 9.59 Å². The molecule has 0 aliphatic carbocycles. The third-order valence-electron chi connectivity index (χ3n) is 2.00. The molecule has 0 amide bonds. The molecule has 0 radical (unpaired) electrons. The number of ether oxygens (including phenoxy) is 3. The van der Waals surface area contributed by atoms with Crippen LogP contribution in [0.15, 0.2) is 22.7 Å². The summed E-state index contributed by atoms with van der Waals surface area (Å²) in [7, 11) is 1.28. The van der Waals surface area contributed by atoms with Gasteiger partial charge in [-0.2, -0.15) is 0 Å². The van der Waals surface area contributed by atoms with E-state index in [0.717, 1.165) is 4.47 Å². The highest BCUT2D eigenvalue weighted by molar-refractivity contribution is 9.10. The molecule has 0 heterocycles. The van der Waals surface area contributed by atoms with Gasteiger partial charge in [-0.15, -0.1) is 0 Å². The molecule has 0 bridgehead atoms. The number of rotatable bonds is 5. The molecule has 0 aliphatic rings. The normalized spacial score (nSPS) is 9.72. The van der Waals surface area contributed by atoms with E-state index in [-0.39, 0.29) is 24.5 Å². The highest BCUT2D eigenvalue weighted by atomic mass is 79.9. The Hall–Kier alpha value is -1.56. The lowest BCUT2D eigenvalue weighted by molar-refractivity contribution is -0.145. The molecule has 1 aromatic carbocycles. The van der Waals surface area contributed by atoms with E-state index >= 15 is 0 Å². The summed E-state index contributed by atoms with van der Waals surface area (Å²) in [5.41, 5.74) is 0.255. The van der Waals surface area contributed by atoms with Crippen LogP contribution >= 0.6 is 15.9 Å². The second-order valence-electron chi connectivity index (χ2n) is 3.23. The average Bonchev–Trinajstić information content (AvgIpc) is 2.36. The summed E-state index contributed by atoms with van der Waals surface area (Å²) in [4.78, 5) is 22.7. The first-order valence-corrected chi connectivity index (χ1v) is 6.04. The number of hydrogen-bond donors (Lipinski definition) is 0. The van der Waals surface area contributed by atoms with E-state index < -0.39 is 11.9 Å². The Morgan fingerprint density at radius 3 is 2.67 bits per heavy atom. The minimum absolute atomic E-state index is 0.255. The van der Waals surface area contributed by atoms with Crippen molar-refractivity contribution in [1.82, 2.24) is 0 Å². The number of halogens is 1. The quantitative estimate of drug-likeness (QED) is 0.779. The Balaban J connectivity index is 2.82. The lowest BCUT2D eigenvalue weighted by Gasteiger charge is -2.10. The fourth-order valence-corrected chi connectivity index (χ4v) is 1.57. The van der Waals surface area contributed by atoms with E-state index in [4.69, 9.17) is 9.47 Å². The van der Waals surface area contributed by atoms with Gasteiger partial charge >= 0.3 is 11.9 Å². The highest BCUT2D eigenvalue weighted by Crippen LogP contribution is 2.24. The van der Waals surface area contributed by atoms with Crippen molar-refractivity contribution in [3.8, 4) is 5.75 Å². The summed E-state index contributed by atoms with van der Waals surface area (Å²) in [6.45, 7) is 1.73. The molecule has 0 aromatic heterocycles. The molecule has 0 fully saturated rings. The summed E-state index contributed by atoms with van der Waals surface area (Å²) in [5.74, 6) is -0.751. The summed E-state index contributed by atoms with van der Waals surface area (Å²) in [6.07, 6.45) is 0. The van der Waals surface area contributed by atoms with Gasteiger partial charge in [-0.1, -0.05) is 15.9 Å². The first kappa shape index (κ1) is 14.5. The smallest absolute Gasteiger partial charge is 0.344 e. The van der Waals surface area contributed by atoms with Gasteiger partial charge in [-0.05, 0) is 25.1 Å². The van der Waals surface area contributed by atoms with Crippen LogP contribution in [0.2, 0.25) is 0 Å². The molecule has 0 saturated heterocycles. The molecule has 0 unspecified atom stereocenters. The van der Waals surface area contributed by atoms with Crippen LogP contribution in [-0.4, -0.2) is 32.3 Å². The van der Waals surface area contributed by atoms with Crippen molar-refractivity contribution in [2.24, 2.45) is 0 Å². The Labute approximate surface area is 113 Å². The minimum Gasteiger partial charge on any atom is -0.481 e. The number of carbonyl (C=O) groups excluding carboxylic acids is 2. The highest BCUT2D eigenvalue weighted by Gasteiger charge is 2.14. The lowest BCUT2D eigenvalue weighted by Crippen LogP contribution is -2.16. The third kappa shape index (κ3) is 4.03. The fraction of sp³-hybridized carbons (Fsp3) is 0.333. The number of methoxy groups -OCH3 is 1. The van der Waals surface area contributed by atoms with Crippen LogP contribution in [0.25, 0.3) is 0 Å². The van der Waals surface area contributed by atoms with E-state index in [1.807, 2.05) is 0 Å². The summed E-state index contributed by atoms with van der Waals surface area (Å²) in [5, 5.41) is 0. The van der Waals surface area contributed by atoms with Crippen LogP contribution in [-0.2, 0) is 14.3 Å². The van der Waals surface area contributed by atoms with Gasteiger partial charge in [-0.3, -0.25) is 0 Å². The van der Waals surface area contributed by atoms with Crippen molar-refractivity contribution in [3.05, 3.63) is 28.2 Å². The Bertz CT molecular complexity index is 444. The van der Waals surface area contributed by atoms with Gasteiger partial charge in [0.2, 0.25) is 0 Å². The van der Waals surface area contributed by atoms with E-state index in [1.165, 1.54) is 7.11 Å². The third-order valence-corrected chi connectivity index (χ3v) is 2.49. The van der Waals surface area contributed by atoms with Gasteiger partial charge in [0.25, 0.3) is 0 Å². The zero-order chi connectivity index (χ0) is 13.5. The number of benzene rings is 1. The first-order valence-electron chi connectivity index (χ1n) is 5.24. The van der Waals surface area contributed by atoms with E-state index in [0.29, 0.717) is 0 Å². The predicted molar refractivity (Wildman–Crippen MR) is 67.6 cm³/mol. The molecule has 0 atom stereocenters. The Kier molecular flexibility index (Phi) is 5.64. The summed E-state index contributed by atoms with van der Waals surface area (Å²) < 4.78 is 15.3. The van der Waals surface area contributed by atoms with Gasteiger partial charge in [-0.25, -0.2) is 9.59 Å². The van der Waals surface area contributed by atoms with Crippen molar-refractivity contribution in [2.75, 3.05) is 20.3 Å². The van der Waals surface area contributed by atoms with Gasteiger partial charge in [0.05, 0.1) is 13.7 Å². The largest absolute Gasteiger partial charge is 0.481 e. The molecule has 6 heteroatoms. The lowest BCUT2D eigenvalue weighted by atomic mass is 10.2. The zero-order valence-electron chi connectivity index (χ0n) is 10.1. The standard InChI is InChI=1S/C12H13BrO5/c1-3-17-11(14)7-18-10-6-8(13)4-5-9(10)12(15)16-2/h4-6H,3,7H2,1-2H3. The Morgan fingerprint density at radius 2 is 2.06 bits per heavy atom. The van der Waals surface area contributed by atoms with Crippen molar-refractivity contribution in [3.63, 3.8) is 0 Å². The molecule has 1 aromatic rings. The SMILES string of the molecule is CCOC(=O)COc1cc(Br)ccc1C(=O)OC. The maximum Gasteiger partial charge on any atom is 0.344 e. The molecule has 5 nitrogen and oxygen atoms in total. The molecular weight excluding hydrogens is 304 g/mol. The molecule has 1 rings (SSSR count). The second-order valence-corrected chi connectivity index (χ2v) is 4.14. The molecule has 0 N–H and O–H groups in total. The summed E-state index contributed by atoms with van der Waals surface area (Å²) in [6, 6.07) is 4.82. The van der Waals surface area contributed by atoms with Crippen molar-refractivity contribution >= 4 is 27.9 Å². The van der Waals surface area contributed by atoms with Crippen LogP contribution in [0.4, 0.5) is 0 Å². The molecule has 0 saturated carbocycles. The topological polar surface area (TPSA) is 61.8 Å². The van der Waals surface area contributed by atoms with Gasteiger partial charge in [0.15, 0.2) is 6.61 Å². The molecule has 18 heavy (non-hydrogen) atoms. The van der Waals surface area contributed by atoms with Crippen molar-refractivity contribution < 1.29 is 23.8 Å². The van der Waals surface area contributed by atoms with Gasteiger partial charge in [0.1, 0.15) is 11.3 Å². The number of esters is 2. The Morgan fingerprint density at radius 1 is 1.33 bits per heavy atom.